The minimum atomic E-state index is 0.211. The van der Waals surface area contributed by atoms with Crippen LogP contribution in [0.25, 0.3) is 6.08 Å². The van der Waals surface area contributed by atoms with Gasteiger partial charge >= 0.3 is 0 Å². The van der Waals surface area contributed by atoms with E-state index in [2.05, 4.69) is 28.6 Å². The van der Waals surface area contributed by atoms with Crippen molar-refractivity contribution in [1.82, 2.24) is 4.90 Å². The molecule has 1 heterocycles. The van der Waals surface area contributed by atoms with E-state index in [1.165, 1.54) is 5.56 Å². The van der Waals surface area contributed by atoms with Crippen LogP contribution in [0, 0.1) is 0 Å². The molecule has 0 spiro atoms. The van der Waals surface area contributed by atoms with E-state index >= 15 is 0 Å². The van der Waals surface area contributed by atoms with E-state index < -0.39 is 0 Å². The molecule has 2 rings (SSSR count). The summed E-state index contributed by atoms with van der Waals surface area (Å²) in [7, 11) is 0. The summed E-state index contributed by atoms with van der Waals surface area (Å²) in [5.41, 5.74) is 3.48. The molecule has 0 radical (unpaired) electrons. The zero-order valence-electron chi connectivity index (χ0n) is 9.29. The Labute approximate surface area is 104 Å². The average Bonchev–Trinajstić information content (AvgIpc) is 2.26. The molecule has 1 aromatic rings. The number of benzene rings is 1. The number of nitrogens with zero attached hydrogens (tertiary/aromatic N) is 1. The molecule has 0 atom stereocenters. The Hall–Kier alpha value is -1.09. The van der Waals surface area contributed by atoms with Crippen LogP contribution in [0.15, 0.2) is 23.2 Å². The smallest absolute Gasteiger partial charge is 0.227 e. The first kappa shape index (κ1) is 11.4. The second-order valence-electron chi connectivity index (χ2n) is 3.92. The largest absolute Gasteiger partial charge is 0.338 e. The number of rotatable bonds is 2. The maximum absolute atomic E-state index is 11.8. The molecule has 0 fully saturated rings. The maximum atomic E-state index is 11.8. The molecule has 0 unspecified atom stereocenters. The van der Waals surface area contributed by atoms with Crippen LogP contribution >= 0.6 is 15.9 Å². The Kier molecular flexibility index (Phi) is 3.15. The zero-order valence-corrected chi connectivity index (χ0v) is 10.9. The number of fused-ring (bicyclic) bond motifs is 1. The van der Waals surface area contributed by atoms with Gasteiger partial charge in [0.25, 0.3) is 0 Å². The highest BCUT2D eigenvalue weighted by molar-refractivity contribution is 9.10. The van der Waals surface area contributed by atoms with Crippen molar-refractivity contribution < 1.29 is 4.79 Å². The first-order valence-electron chi connectivity index (χ1n) is 5.37. The van der Waals surface area contributed by atoms with E-state index in [9.17, 15) is 4.79 Å². The number of likely N-dealkylation sites (N-methyl/N-ethyl adjacent to an activating group) is 1. The second-order valence-corrected chi connectivity index (χ2v) is 4.84. The molecule has 2 nitrogen and oxygen atoms in total. The number of amides is 1. The Balaban J connectivity index is 2.50. The Morgan fingerprint density at radius 2 is 2.31 bits per heavy atom. The lowest BCUT2D eigenvalue weighted by molar-refractivity contribution is -0.131. The molecular formula is C13H14BrNO. The molecule has 1 aliphatic heterocycles. The van der Waals surface area contributed by atoms with Gasteiger partial charge in [0, 0.05) is 17.6 Å². The summed E-state index contributed by atoms with van der Waals surface area (Å²) in [5, 5.41) is 0. The predicted molar refractivity (Wildman–Crippen MR) is 69.0 cm³/mol. The highest BCUT2D eigenvalue weighted by Crippen LogP contribution is 2.27. The summed E-state index contributed by atoms with van der Waals surface area (Å²) in [6.45, 7) is 7.31. The highest BCUT2D eigenvalue weighted by Gasteiger charge is 2.23. The second kappa shape index (κ2) is 4.42. The number of halogens is 1. The maximum Gasteiger partial charge on any atom is 0.227 e. The van der Waals surface area contributed by atoms with Gasteiger partial charge in [0.2, 0.25) is 5.91 Å². The Morgan fingerprint density at radius 3 is 2.94 bits per heavy atom. The molecule has 0 aliphatic carbocycles. The molecule has 0 saturated heterocycles. The van der Waals surface area contributed by atoms with Crippen LogP contribution in [0.1, 0.15) is 23.6 Å². The summed E-state index contributed by atoms with van der Waals surface area (Å²) in [6, 6.07) is 4.09. The van der Waals surface area contributed by atoms with Crippen LogP contribution in [-0.4, -0.2) is 17.4 Å². The summed E-state index contributed by atoms with van der Waals surface area (Å²) in [4.78, 5) is 13.7. The molecule has 0 saturated carbocycles. The molecule has 0 aromatic heterocycles. The third-order valence-corrected chi connectivity index (χ3v) is 3.44. The van der Waals surface area contributed by atoms with E-state index in [1.54, 1.807) is 0 Å². The average molecular weight is 280 g/mol. The van der Waals surface area contributed by atoms with Gasteiger partial charge in [-0.15, -0.1) is 0 Å². The van der Waals surface area contributed by atoms with Gasteiger partial charge in [0.05, 0.1) is 6.42 Å². The minimum absolute atomic E-state index is 0.211. The van der Waals surface area contributed by atoms with Crippen LogP contribution < -0.4 is 0 Å². The van der Waals surface area contributed by atoms with Gasteiger partial charge in [0.1, 0.15) is 0 Å². The quantitative estimate of drug-likeness (QED) is 0.815. The van der Waals surface area contributed by atoms with E-state index in [-0.39, 0.29) is 5.91 Å². The summed E-state index contributed by atoms with van der Waals surface area (Å²) in [6.07, 6.45) is 2.36. The molecule has 1 aliphatic rings. The number of hydrogen-bond acceptors (Lipinski definition) is 1. The Morgan fingerprint density at radius 1 is 1.56 bits per heavy atom. The third kappa shape index (κ3) is 1.92. The van der Waals surface area contributed by atoms with Gasteiger partial charge in [0.15, 0.2) is 0 Å². The van der Waals surface area contributed by atoms with Crippen molar-refractivity contribution in [2.24, 2.45) is 0 Å². The predicted octanol–water partition coefficient (Wildman–Crippen LogP) is 3.00. The lowest BCUT2D eigenvalue weighted by Crippen LogP contribution is -2.36. The zero-order chi connectivity index (χ0) is 11.7. The van der Waals surface area contributed by atoms with Crippen molar-refractivity contribution >= 4 is 27.9 Å². The number of carbonyl (C=O) groups is 1. The molecule has 16 heavy (non-hydrogen) atoms. The van der Waals surface area contributed by atoms with Crippen LogP contribution in [0.5, 0.6) is 0 Å². The summed E-state index contributed by atoms with van der Waals surface area (Å²) < 4.78 is 1.01. The van der Waals surface area contributed by atoms with E-state index in [1.807, 2.05) is 24.0 Å². The lowest BCUT2D eigenvalue weighted by Gasteiger charge is -2.29. The van der Waals surface area contributed by atoms with Crippen molar-refractivity contribution in [1.29, 1.82) is 0 Å². The summed E-state index contributed by atoms with van der Waals surface area (Å²) >= 11 is 3.46. The fourth-order valence-electron chi connectivity index (χ4n) is 2.09. The van der Waals surface area contributed by atoms with Crippen LogP contribution in [0.2, 0.25) is 0 Å². The van der Waals surface area contributed by atoms with Crippen LogP contribution in [0.3, 0.4) is 0 Å². The fraction of sp³-hybridized carbons (Fsp3) is 0.308. The Bertz CT molecular complexity index is 453. The molecule has 0 bridgehead atoms. The fourth-order valence-corrected chi connectivity index (χ4v) is 2.61. The standard InChI is InChI=1S/C13H14BrNO/c1-3-9-5-11(14)6-10-7-13(16)15(4-2)8-12(9)10/h3,5-6H,1,4,7-8H2,2H3. The van der Waals surface area contributed by atoms with Gasteiger partial charge in [-0.25, -0.2) is 0 Å². The van der Waals surface area contributed by atoms with Crippen LogP contribution in [0.4, 0.5) is 0 Å². The van der Waals surface area contributed by atoms with Gasteiger partial charge in [-0.2, -0.15) is 0 Å². The van der Waals surface area contributed by atoms with Crippen molar-refractivity contribution in [3.8, 4) is 0 Å². The van der Waals surface area contributed by atoms with Crippen molar-refractivity contribution in [2.75, 3.05) is 6.54 Å². The van der Waals surface area contributed by atoms with E-state index in [0.717, 1.165) is 22.1 Å². The van der Waals surface area contributed by atoms with Crippen molar-refractivity contribution in [2.45, 2.75) is 19.9 Å². The first-order valence-corrected chi connectivity index (χ1v) is 6.16. The highest BCUT2D eigenvalue weighted by atomic mass is 79.9. The molecule has 84 valence electrons. The molecular weight excluding hydrogens is 266 g/mol. The monoisotopic (exact) mass is 279 g/mol. The van der Waals surface area contributed by atoms with Crippen molar-refractivity contribution in [3.63, 3.8) is 0 Å². The van der Waals surface area contributed by atoms with Gasteiger partial charge in [-0.1, -0.05) is 28.6 Å². The topological polar surface area (TPSA) is 20.3 Å². The normalized spacial score (nSPS) is 14.9. The number of carbonyl (C=O) groups excluding carboxylic acids is 1. The lowest BCUT2D eigenvalue weighted by atomic mass is 9.94. The molecule has 1 amide bonds. The molecule has 1 aromatic carbocycles. The third-order valence-electron chi connectivity index (χ3n) is 2.99. The van der Waals surface area contributed by atoms with E-state index in [0.29, 0.717) is 13.0 Å². The minimum Gasteiger partial charge on any atom is -0.338 e. The summed E-state index contributed by atoms with van der Waals surface area (Å²) in [5.74, 6) is 0.211. The van der Waals surface area contributed by atoms with E-state index in [4.69, 9.17) is 0 Å². The SMILES string of the molecule is C=Cc1cc(Br)cc2c1CN(CC)C(=O)C2. The van der Waals surface area contributed by atoms with Gasteiger partial charge in [-0.3, -0.25) is 4.79 Å². The van der Waals surface area contributed by atoms with Crippen LogP contribution in [-0.2, 0) is 17.8 Å². The first-order chi connectivity index (χ1) is 7.65. The van der Waals surface area contributed by atoms with Gasteiger partial charge in [-0.05, 0) is 35.7 Å². The molecule has 0 N–H and O–H groups in total. The number of hydrogen-bond donors (Lipinski definition) is 0. The van der Waals surface area contributed by atoms with Crippen molar-refractivity contribution in [3.05, 3.63) is 39.9 Å². The molecule has 3 heteroatoms. The van der Waals surface area contributed by atoms with Gasteiger partial charge < -0.3 is 4.90 Å².